The van der Waals surface area contributed by atoms with E-state index >= 15 is 0 Å². The number of imidazole rings is 1. The van der Waals surface area contributed by atoms with Crippen LogP contribution < -0.4 is 4.90 Å². The van der Waals surface area contributed by atoms with Crippen molar-refractivity contribution in [3.63, 3.8) is 0 Å². The van der Waals surface area contributed by atoms with Gasteiger partial charge in [-0.05, 0) is 31.7 Å². The maximum Gasteiger partial charge on any atom is 0.225 e. The number of piperidine rings is 1. The molecule has 0 bridgehead atoms. The van der Waals surface area contributed by atoms with Crippen LogP contribution in [0.1, 0.15) is 24.2 Å². The largest absolute Gasteiger partial charge is 0.356 e. The Morgan fingerprint density at radius 2 is 1.68 bits per heavy atom. The van der Waals surface area contributed by atoms with Gasteiger partial charge in [-0.15, -0.1) is 0 Å². The number of amides is 1. The molecule has 0 saturated carbocycles. The minimum absolute atomic E-state index is 0.115. The van der Waals surface area contributed by atoms with Gasteiger partial charge in [-0.1, -0.05) is 30.3 Å². The van der Waals surface area contributed by atoms with Crippen molar-refractivity contribution in [3.8, 4) is 5.82 Å². The van der Waals surface area contributed by atoms with E-state index in [1.165, 1.54) is 5.56 Å². The highest BCUT2D eigenvalue weighted by Crippen LogP contribution is 2.25. The molecule has 8 heteroatoms. The highest BCUT2D eigenvalue weighted by atomic mass is 16.2. The number of nitrogens with zero attached hydrogens (tertiary/aromatic N) is 7. The first-order valence-electron chi connectivity index (χ1n) is 12.3. The zero-order valence-electron chi connectivity index (χ0n) is 19.9. The van der Waals surface area contributed by atoms with Crippen LogP contribution in [0.25, 0.3) is 5.82 Å². The fourth-order valence-corrected chi connectivity index (χ4v) is 5.00. The molecule has 2 aliphatic heterocycles. The summed E-state index contributed by atoms with van der Waals surface area (Å²) in [6.45, 7) is 8.32. The number of hydrogen-bond acceptors (Lipinski definition) is 6. The summed E-state index contributed by atoms with van der Waals surface area (Å²) in [7, 11) is 0. The third-order valence-corrected chi connectivity index (χ3v) is 7.12. The molecule has 0 unspecified atom stereocenters. The van der Waals surface area contributed by atoms with Gasteiger partial charge in [0.1, 0.15) is 23.8 Å². The van der Waals surface area contributed by atoms with Crippen molar-refractivity contribution in [1.29, 1.82) is 0 Å². The van der Waals surface area contributed by atoms with Crippen LogP contribution in [0.4, 0.5) is 5.82 Å². The lowest BCUT2D eigenvalue weighted by Crippen LogP contribution is -2.52. The average molecular weight is 460 g/mol. The van der Waals surface area contributed by atoms with E-state index in [-0.39, 0.29) is 5.92 Å². The van der Waals surface area contributed by atoms with Gasteiger partial charge in [-0.2, -0.15) is 0 Å². The van der Waals surface area contributed by atoms with E-state index in [0.29, 0.717) is 5.91 Å². The number of aromatic nitrogens is 4. The van der Waals surface area contributed by atoms with Gasteiger partial charge in [0, 0.05) is 70.2 Å². The molecular weight excluding hydrogens is 426 g/mol. The first kappa shape index (κ1) is 22.5. The van der Waals surface area contributed by atoms with Crippen LogP contribution in [0.2, 0.25) is 0 Å². The van der Waals surface area contributed by atoms with E-state index in [0.717, 1.165) is 82.5 Å². The molecule has 2 aliphatic rings. The Hall–Kier alpha value is -3.26. The summed E-state index contributed by atoms with van der Waals surface area (Å²) >= 11 is 0. The summed E-state index contributed by atoms with van der Waals surface area (Å²) in [6.07, 6.45) is 8.11. The van der Waals surface area contributed by atoms with Crippen molar-refractivity contribution in [2.75, 3.05) is 50.7 Å². The first-order valence-corrected chi connectivity index (χ1v) is 12.3. The fourth-order valence-electron chi connectivity index (χ4n) is 5.00. The molecule has 178 valence electrons. The van der Waals surface area contributed by atoms with Crippen LogP contribution in [0, 0.1) is 12.8 Å². The molecule has 0 atom stereocenters. The number of aryl methyl sites for hydroxylation is 1. The number of anilines is 1. The molecule has 3 aromatic rings. The lowest BCUT2D eigenvalue weighted by Gasteiger charge is -2.38. The van der Waals surface area contributed by atoms with E-state index < -0.39 is 0 Å². The fraction of sp³-hybridized carbons (Fsp3) is 0.462. The SMILES string of the molecule is Cc1nccn1-c1cc(N2CCC(C(=O)N3CCN(CCc4ccccc4)CC3)CC2)ncn1. The van der Waals surface area contributed by atoms with Crippen LogP contribution in [0.15, 0.2) is 55.1 Å². The third-order valence-electron chi connectivity index (χ3n) is 7.12. The number of rotatable bonds is 6. The average Bonchev–Trinajstić information content (AvgIpc) is 3.34. The van der Waals surface area contributed by atoms with Crippen molar-refractivity contribution < 1.29 is 4.79 Å². The van der Waals surface area contributed by atoms with Crippen LogP contribution >= 0.6 is 0 Å². The number of carbonyl (C=O) groups is 1. The maximum absolute atomic E-state index is 13.2. The van der Waals surface area contributed by atoms with Crippen molar-refractivity contribution in [1.82, 2.24) is 29.3 Å². The Balaban J connectivity index is 1.10. The molecule has 4 heterocycles. The summed E-state index contributed by atoms with van der Waals surface area (Å²) in [4.78, 5) is 33.2. The van der Waals surface area contributed by atoms with Crippen molar-refractivity contribution in [2.45, 2.75) is 26.2 Å². The highest BCUT2D eigenvalue weighted by molar-refractivity contribution is 5.79. The molecule has 2 saturated heterocycles. The van der Waals surface area contributed by atoms with Gasteiger partial charge in [-0.25, -0.2) is 15.0 Å². The molecule has 34 heavy (non-hydrogen) atoms. The smallest absolute Gasteiger partial charge is 0.225 e. The Morgan fingerprint density at radius 1 is 0.941 bits per heavy atom. The van der Waals surface area contributed by atoms with Crippen LogP contribution in [0.5, 0.6) is 0 Å². The minimum atomic E-state index is 0.115. The molecule has 2 fully saturated rings. The third kappa shape index (κ3) is 5.12. The van der Waals surface area contributed by atoms with E-state index in [1.54, 1.807) is 12.5 Å². The number of benzene rings is 1. The quantitative estimate of drug-likeness (QED) is 0.564. The van der Waals surface area contributed by atoms with E-state index in [2.05, 4.69) is 60.0 Å². The Bertz CT molecular complexity index is 1080. The molecule has 1 aromatic carbocycles. The molecule has 0 aliphatic carbocycles. The highest BCUT2D eigenvalue weighted by Gasteiger charge is 2.30. The number of piperazine rings is 1. The van der Waals surface area contributed by atoms with Gasteiger partial charge in [0.25, 0.3) is 0 Å². The molecule has 0 N–H and O–H groups in total. The normalized spacial score (nSPS) is 17.8. The lowest BCUT2D eigenvalue weighted by atomic mass is 9.95. The molecule has 0 spiro atoms. The summed E-state index contributed by atoms with van der Waals surface area (Å²) < 4.78 is 1.96. The van der Waals surface area contributed by atoms with E-state index in [1.807, 2.05) is 23.8 Å². The lowest BCUT2D eigenvalue weighted by molar-refractivity contribution is -0.138. The first-order chi connectivity index (χ1) is 16.7. The van der Waals surface area contributed by atoms with Gasteiger partial charge >= 0.3 is 0 Å². The van der Waals surface area contributed by atoms with E-state index in [4.69, 9.17) is 0 Å². The molecular formula is C26H33N7O. The van der Waals surface area contributed by atoms with Crippen LogP contribution in [0.3, 0.4) is 0 Å². The zero-order valence-corrected chi connectivity index (χ0v) is 19.9. The van der Waals surface area contributed by atoms with Gasteiger partial charge in [0.05, 0.1) is 0 Å². The summed E-state index contributed by atoms with van der Waals surface area (Å²) in [5.74, 6) is 3.08. The zero-order chi connectivity index (χ0) is 23.3. The predicted octanol–water partition coefficient (Wildman–Crippen LogP) is 2.57. The monoisotopic (exact) mass is 459 g/mol. The Kier molecular flexibility index (Phi) is 6.85. The van der Waals surface area contributed by atoms with Crippen molar-refractivity contribution >= 4 is 11.7 Å². The standard InChI is InChI=1S/C26H33N7O/c1-21-27-10-14-33(21)25-19-24(28-20-29-25)31-12-8-23(9-13-31)26(34)32-17-15-30(16-18-32)11-7-22-5-3-2-4-6-22/h2-6,10,14,19-20,23H,7-9,11-13,15-18H2,1H3. The maximum atomic E-state index is 13.2. The van der Waals surface area contributed by atoms with Crippen LogP contribution in [-0.4, -0.2) is 81.0 Å². The Labute approximate surface area is 201 Å². The summed E-state index contributed by atoms with van der Waals surface area (Å²) in [5, 5.41) is 0. The summed E-state index contributed by atoms with van der Waals surface area (Å²) in [5.41, 5.74) is 1.38. The van der Waals surface area contributed by atoms with Gasteiger partial charge in [0.2, 0.25) is 5.91 Å². The minimum Gasteiger partial charge on any atom is -0.356 e. The Morgan fingerprint density at radius 3 is 2.38 bits per heavy atom. The second-order valence-corrected chi connectivity index (χ2v) is 9.24. The van der Waals surface area contributed by atoms with Crippen LogP contribution in [-0.2, 0) is 11.2 Å². The van der Waals surface area contributed by atoms with Crippen molar-refractivity contribution in [3.05, 3.63) is 66.5 Å². The molecule has 2 aromatic heterocycles. The second-order valence-electron chi connectivity index (χ2n) is 9.24. The molecule has 1 amide bonds. The van der Waals surface area contributed by atoms with Crippen molar-refractivity contribution in [2.24, 2.45) is 5.92 Å². The molecule has 5 rings (SSSR count). The summed E-state index contributed by atoms with van der Waals surface area (Å²) in [6, 6.07) is 12.6. The predicted molar refractivity (Wildman–Crippen MR) is 132 cm³/mol. The van der Waals surface area contributed by atoms with Gasteiger partial charge < -0.3 is 9.80 Å². The molecule has 8 nitrogen and oxygen atoms in total. The van der Waals surface area contributed by atoms with Gasteiger partial charge in [0.15, 0.2) is 0 Å². The number of carbonyl (C=O) groups excluding carboxylic acids is 1. The second kappa shape index (κ2) is 10.3. The van der Waals surface area contributed by atoms with E-state index in [9.17, 15) is 4.79 Å². The molecule has 0 radical (unpaired) electrons. The topological polar surface area (TPSA) is 70.4 Å². The number of hydrogen-bond donors (Lipinski definition) is 0. The van der Waals surface area contributed by atoms with Gasteiger partial charge in [-0.3, -0.25) is 14.3 Å².